The van der Waals surface area contributed by atoms with Gasteiger partial charge in [0.25, 0.3) is 11.8 Å². The Morgan fingerprint density at radius 2 is 1.71 bits per heavy atom. The summed E-state index contributed by atoms with van der Waals surface area (Å²) >= 11 is 6.12. The average Bonchev–Trinajstić information content (AvgIpc) is 2.84. The molecule has 3 N–H and O–H groups in total. The van der Waals surface area contributed by atoms with Gasteiger partial charge >= 0.3 is 0 Å². The second-order valence-electron chi connectivity index (χ2n) is 7.50. The standard InChI is InChI=1S/C25H21ClN6O2/c1-15-8-9-17(23(33)31-32-24(34)22-16(2)5-3-7-19(22)26)13-21(15)30-25-28-12-10-20(29-25)18-6-4-11-27-14-18/h3-14H,1-2H3,(H,31,33)(H,32,34)(H,28,29,30). The second kappa shape index (κ2) is 10.1. The molecule has 0 atom stereocenters. The first-order valence-corrected chi connectivity index (χ1v) is 10.8. The Balaban J connectivity index is 1.48. The molecule has 4 rings (SSSR count). The van der Waals surface area contributed by atoms with Gasteiger partial charge in [-0.25, -0.2) is 9.97 Å². The number of nitrogens with zero attached hydrogens (tertiary/aromatic N) is 3. The van der Waals surface area contributed by atoms with Crippen LogP contribution in [-0.2, 0) is 0 Å². The van der Waals surface area contributed by atoms with Gasteiger partial charge in [-0.05, 0) is 61.4 Å². The molecule has 0 unspecified atom stereocenters. The van der Waals surface area contributed by atoms with Gasteiger partial charge in [-0.15, -0.1) is 0 Å². The molecule has 2 aromatic carbocycles. The molecule has 170 valence electrons. The lowest BCUT2D eigenvalue weighted by Gasteiger charge is -2.13. The Bertz CT molecular complexity index is 1340. The van der Waals surface area contributed by atoms with Crippen molar-refractivity contribution in [3.8, 4) is 11.3 Å². The van der Waals surface area contributed by atoms with Gasteiger partial charge in [-0.3, -0.25) is 25.4 Å². The van der Waals surface area contributed by atoms with Gasteiger partial charge in [0.05, 0.1) is 16.3 Å². The third kappa shape index (κ3) is 5.19. The molecule has 2 amide bonds. The Labute approximate surface area is 201 Å². The van der Waals surface area contributed by atoms with E-state index in [-0.39, 0.29) is 0 Å². The fraction of sp³-hybridized carbons (Fsp3) is 0.0800. The van der Waals surface area contributed by atoms with Crippen molar-refractivity contribution in [3.63, 3.8) is 0 Å². The highest BCUT2D eigenvalue weighted by atomic mass is 35.5. The summed E-state index contributed by atoms with van der Waals surface area (Å²) in [6, 6.07) is 15.8. The van der Waals surface area contributed by atoms with Crippen molar-refractivity contribution in [1.29, 1.82) is 0 Å². The van der Waals surface area contributed by atoms with E-state index in [2.05, 4.69) is 31.1 Å². The van der Waals surface area contributed by atoms with Crippen molar-refractivity contribution in [2.75, 3.05) is 5.32 Å². The minimum atomic E-state index is -0.498. The van der Waals surface area contributed by atoms with Crippen LogP contribution in [0.25, 0.3) is 11.3 Å². The maximum Gasteiger partial charge on any atom is 0.271 e. The van der Waals surface area contributed by atoms with Crippen molar-refractivity contribution in [2.24, 2.45) is 0 Å². The number of hydrogen-bond acceptors (Lipinski definition) is 6. The molecule has 2 heterocycles. The summed E-state index contributed by atoms with van der Waals surface area (Å²) in [5.41, 5.74) is 9.32. The first kappa shape index (κ1) is 22.9. The third-order valence-electron chi connectivity index (χ3n) is 5.10. The van der Waals surface area contributed by atoms with Crippen LogP contribution in [0.3, 0.4) is 0 Å². The number of pyridine rings is 1. The van der Waals surface area contributed by atoms with Crippen LogP contribution < -0.4 is 16.2 Å². The van der Waals surface area contributed by atoms with E-state index >= 15 is 0 Å². The maximum atomic E-state index is 12.7. The molecule has 0 saturated heterocycles. The molecule has 0 bridgehead atoms. The van der Waals surface area contributed by atoms with Gasteiger partial charge in [0.2, 0.25) is 5.95 Å². The number of carbonyl (C=O) groups is 2. The lowest BCUT2D eigenvalue weighted by molar-refractivity contribution is 0.0846. The summed E-state index contributed by atoms with van der Waals surface area (Å²) < 4.78 is 0. The maximum absolute atomic E-state index is 12.7. The molecule has 9 heteroatoms. The van der Waals surface area contributed by atoms with E-state index in [1.54, 1.807) is 68.0 Å². The van der Waals surface area contributed by atoms with E-state index < -0.39 is 11.8 Å². The molecule has 0 fully saturated rings. The summed E-state index contributed by atoms with van der Waals surface area (Å²) in [6.07, 6.45) is 5.07. The number of aromatic nitrogens is 3. The van der Waals surface area contributed by atoms with Gasteiger partial charge in [0.1, 0.15) is 0 Å². The minimum absolute atomic E-state index is 0.307. The van der Waals surface area contributed by atoms with E-state index in [4.69, 9.17) is 11.6 Å². The zero-order valence-corrected chi connectivity index (χ0v) is 19.2. The monoisotopic (exact) mass is 472 g/mol. The molecule has 0 aliphatic carbocycles. The summed E-state index contributed by atoms with van der Waals surface area (Å²) in [7, 11) is 0. The highest BCUT2D eigenvalue weighted by Crippen LogP contribution is 2.22. The number of anilines is 2. The molecular weight excluding hydrogens is 452 g/mol. The van der Waals surface area contributed by atoms with Crippen LogP contribution in [0.1, 0.15) is 31.8 Å². The van der Waals surface area contributed by atoms with Crippen LogP contribution in [0.5, 0.6) is 0 Å². The average molecular weight is 473 g/mol. The molecule has 0 spiro atoms. The number of rotatable bonds is 5. The topological polar surface area (TPSA) is 109 Å². The SMILES string of the molecule is Cc1ccc(C(=O)NNC(=O)c2c(C)cccc2Cl)cc1Nc1nccc(-c2cccnc2)n1. The molecule has 2 aromatic heterocycles. The van der Waals surface area contributed by atoms with Gasteiger partial charge in [-0.1, -0.05) is 29.8 Å². The first-order valence-electron chi connectivity index (χ1n) is 10.4. The largest absolute Gasteiger partial charge is 0.324 e. The lowest BCUT2D eigenvalue weighted by atomic mass is 10.1. The van der Waals surface area contributed by atoms with E-state index in [1.807, 2.05) is 19.1 Å². The molecule has 0 saturated carbocycles. The number of benzene rings is 2. The lowest BCUT2D eigenvalue weighted by Crippen LogP contribution is -2.42. The van der Waals surface area contributed by atoms with Crippen LogP contribution in [0.4, 0.5) is 11.6 Å². The van der Waals surface area contributed by atoms with E-state index in [0.29, 0.717) is 33.3 Å². The van der Waals surface area contributed by atoms with Gasteiger partial charge in [0.15, 0.2) is 0 Å². The number of amides is 2. The Morgan fingerprint density at radius 1 is 0.882 bits per heavy atom. The van der Waals surface area contributed by atoms with Gasteiger partial charge < -0.3 is 5.32 Å². The number of hydrazine groups is 1. The smallest absolute Gasteiger partial charge is 0.271 e. The molecule has 4 aromatic rings. The van der Waals surface area contributed by atoms with Crippen LogP contribution in [0.15, 0.2) is 73.2 Å². The summed E-state index contributed by atoms with van der Waals surface area (Å²) in [6.45, 7) is 3.67. The summed E-state index contributed by atoms with van der Waals surface area (Å²) in [4.78, 5) is 38.1. The Morgan fingerprint density at radius 3 is 2.47 bits per heavy atom. The molecule has 0 radical (unpaired) electrons. The predicted octanol–water partition coefficient (Wildman–Crippen LogP) is 4.63. The molecule has 8 nitrogen and oxygen atoms in total. The van der Waals surface area contributed by atoms with Crippen LogP contribution in [0, 0.1) is 13.8 Å². The van der Waals surface area contributed by atoms with Crippen LogP contribution in [0.2, 0.25) is 5.02 Å². The summed E-state index contributed by atoms with van der Waals surface area (Å²) in [5, 5.41) is 3.46. The quantitative estimate of drug-likeness (QED) is 0.365. The molecule has 0 aliphatic heterocycles. The van der Waals surface area contributed by atoms with Crippen molar-refractivity contribution >= 4 is 35.1 Å². The van der Waals surface area contributed by atoms with Crippen molar-refractivity contribution in [2.45, 2.75) is 13.8 Å². The van der Waals surface area contributed by atoms with Crippen molar-refractivity contribution < 1.29 is 9.59 Å². The van der Waals surface area contributed by atoms with E-state index in [9.17, 15) is 9.59 Å². The highest BCUT2D eigenvalue weighted by molar-refractivity contribution is 6.34. The molecular formula is C25H21ClN6O2. The van der Waals surface area contributed by atoms with Gasteiger partial charge in [-0.2, -0.15) is 0 Å². The fourth-order valence-electron chi connectivity index (χ4n) is 3.28. The highest BCUT2D eigenvalue weighted by Gasteiger charge is 2.15. The normalized spacial score (nSPS) is 10.4. The van der Waals surface area contributed by atoms with Crippen molar-refractivity contribution in [1.82, 2.24) is 25.8 Å². The number of carbonyl (C=O) groups excluding carboxylic acids is 2. The predicted molar refractivity (Wildman–Crippen MR) is 131 cm³/mol. The summed E-state index contributed by atoms with van der Waals surface area (Å²) in [5.74, 6) is -0.599. The van der Waals surface area contributed by atoms with E-state index in [1.165, 1.54) is 0 Å². The molecule has 34 heavy (non-hydrogen) atoms. The Hall–Kier alpha value is -4.30. The first-order chi connectivity index (χ1) is 16.4. The van der Waals surface area contributed by atoms with Crippen LogP contribution >= 0.6 is 11.6 Å². The Kier molecular flexibility index (Phi) is 6.79. The second-order valence-corrected chi connectivity index (χ2v) is 7.91. The number of nitrogens with one attached hydrogen (secondary N) is 3. The van der Waals surface area contributed by atoms with E-state index in [0.717, 1.165) is 16.8 Å². The number of halogens is 1. The van der Waals surface area contributed by atoms with Gasteiger partial charge in [0, 0.05) is 35.4 Å². The van der Waals surface area contributed by atoms with Crippen LogP contribution in [-0.4, -0.2) is 26.8 Å². The zero-order chi connectivity index (χ0) is 24.1. The number of aryl methyl sites for hydroxylation is 2. The van der Waals surface area contributed by atoms with Crippen molar-refractivity contribution in [3.05, 3.63) is 100 Å². The molecule has 0 aliphatic rings. The fourth-order valence-corrected chi connectivity index (χ4v) is 3.59. The third-order valence-corrected chi connectivity index (χ3v) is 5.41. The minimum Gasteiger partial charge on any atom is -0.324 e. The number of hydrogen-bond donors (Lipinski definition) is 3. The zero-order valence-electron chi connectivity index (χ0n) is 18.5.